The maximum atomic E-state index is 12.5. The van der Waals surface area contributed by atoms with Crippen molar-refractivity contribution in [1.29, 1.82) is 0 Å². The Labute approximate surface area is 147 Å². The van der Waals surface area contributed by atoms with E-state index < -0.39 is 42.2 Å². The van der Waals surface area contributed by atoms with Crippen LogP contribution in [0, 0.1) is 0 Å². The third-order valence-corrected chi connectivity index (χ3v) is 4.66. The molecule has 0 amide bonds. The summed E-state index contributed by atoms with van der Waals surface area (Å²) < 4.78 is 127. The molecule has 0 N–H and O–H groups in total. The number of benzene rings is 2. The Kier molecular flexibility index (Phi) is 5.35. The van der Waals surface area contributed by atoms with Crippen LogP contribution in [0.25, 0.3) is 10.8 Å². The van der Waals surface area contributed by atoms with Gasteiger partial charge in [-0.1, -0.05) is 41.6 Å². The first-order chi connectivity index (χ1) is 12.2. The van der Waals surface area contributed by atoms with Gasteiger partial charge in [-0.15, -0.1) is 8.57 Å². The Hall–Kier alpha value is -2.10. The standard InChI is InChI=1S/C12H7F6NO6S2/c13-11(14,15)26(20,21)24-19(25-27(22,23)12(16,17)18)10-7-3-5-8-4-1-2-6-9(8)10/h1-7H. The molecule has 150 valence electrons. The van der Waals surface area contributed by atoms with Crippen LogP contribution < -0.4 is 5.23 Å². The molecular weight excluding hydrogens is 432 g/mol. The molecule has 0 saturated carbocycles. The van der Waals surface area contributed by atoms with Crippen molar-refractivity contribution in [3.05, 3.63) is 42.5 Å². The van der Waals surface area contributed by atoms with Crippen molar-refractivity contribution >= 4 is 36.7 Å². The Morgan fingerprint density at radius 3 is 1.63 bits per heavy atom. The van der Waals surface area contributed by atoms with Crippen LogP contribution in [0.3, 0.4) is 0 Å². The number of rotatable bonds is 5. The lowest BCUT2D eigenvalue weighted by molar-refractivity contribution is -0.0727. The lowest BCUT2D eigenvalue weighted by Gasteiger charge is -2.23. The van der Waals surface area contributed by atoms with Gasteiger partial charge in [-0.3, -0.25) is 0 Å². The van der Waals surface area contributed by atoms with Crippen LogP contribution in [0.4, 0.5) is 32.0 Å². The van der Waals surface area contributed by atoms with Gasteiger partial charge in [0.1, 0.15) is 5.69 Å². The van der Waals surface area contributed by atoms with E-state index in [-0.39, 0.29) is 10.8 Å². The molecule has 0 spiro atoms. The second-order valence-electron chi connectivity index (χ2n) is 4.70. The molecule has 0 heterocycles. The van der Waals surface area contributed by atoms with Gasteiger partial charge in [0.25, 0.3) is 0 Å². The highest BCUT2D eigenvalue weighted by Crippen LogP contribution is 2.34. The Bertz CT molecular complexity index is 997. The van der Waals surface area contributed by atoms with Crippen LogP contribution in [-0.4, -0.2) is 27.9 Å². The third-order valence-electron chi connectivity index (χ3n) is 2.86. The van der Waals surface area contributed by atoms with E-state index in [1.54, 1.807) is 0 Å². The van der Waals surface area contributed by atoms with E-state index in [0.29, 0.717) is 0 Å². The molecule has 0 aliphatic carbocycles. The van der Waals surface area contributed by atoms with Gasteiger partial charge in [0.2, 0.25) is 0 Å². The number of hydrogen-bond acceptors (Lipinski definition) is 7. The average Bonchev–Trinajstić information content (AvgIpc) is 2.51. The number of nitrogens with zero attached hydrogens (tertiary/aromatic N) is 1. The van der Waals surface area contributed by atoms with E-state index in [0.717, 1.165) is 18.2 Å². The largest absolute Gasteiger partial charge is 0.525 e. The minimum Gasteiger partial charge on any atom is -0.188 e. The summed E-state index contributed by atoms with van der Waals surface area (Å²) in [7, 11) is -13.1. The normalized spacial score (nSPS) is 13.7. The van der Waals surface area contributed by atoms with E-state index >= 15 is 0 Å². The van der Waals surface area contributed by atoms with Crippen LogP contribution >= 0.6 is 0 Å². The first-order valence-corrected chi connectivity index (χ1v) is 9.27. The van der Waals surface area contributed by atoms with Gasteiger partial charge in [0.05, 0.1) is 0 Å². The SMILES string of the molecule is O=S(=O)(ON(OS(=O)(=O)C(F)(F)F)c1cccc2ccccc12)C(F)(F)F. The molecule has 0 aliphatic rings. The number of anilines is 1. The maximum absolute atomic E-state index is 12.5. The highest BCUT2D eigenvalue weighted by atomic mass is 32.2. The summed E-state index contributed by atoms with van der Waals surface area (Å²) in [6.45, 7) is 0. The van der Waals surface area contributed by atoms with E-state index in [1.807, 2.05) is 0 Å². The van der Waals surface area contributed by atoms with Crippen molar-refractivity contribution in [1.82, 2.24) is 0 Å². The first kappa shape index (κ1) is 21.2. The van der Waals surface area contributed by atoms with Gasteiger partial charge in [0.15, 0.2) is 0 Å². The van der Waals surface area contributed by atoms with Crippen molar-refractivity contribution in [3.8, 4) is 0 Å². The zero-order valence-electron chi connectivity index (χ0n) is 12.5. The van der Waals surface area contributed by atoms with Gasteiger partial charge in [-0.2, -0.15) is 43.2 Å². The fourth-order valence-corrected chi connectivity index (χ4v) is 2.51. The molecule has 27 heavy (non-hydrogen) atoms. The molecule has 2 aromatic carbocycles. The van der Waals surface area contributed by atoms with Crippen molar-refractivity contribution in [2.45, 2.75) is 11.0 Å². The average molecular weight is 439 g/mol. The smallest absolute Gasteiger partial charge is 0.188 e. The highest BCUT2D eigenvalue weighted by molar-refractivity contribution is 7.88. The molecule has 0 radical (unpaired) electrons. The number of alkyl halides is 6. The van der Waals surface area contributed by atoms with Gasteiger partial charge in [-0.05, 0) is 11.5 Å². The molecule has 7 nitrogen and oxygen atoms in total. The predicted molar refractivity (Wildman–Crippen MR) is 78.5 cm³/mol. The minimum atomic E-state index is -6.56. The van der Waals surface area contributed by atoms with Crippen molar-refractivity contribution in [3.63, 3.8) is 0 Å². The van der Waals surface area contributed by atoms with Crippen LogP contribution in [0.5, 0.6) is 0 Å². The van der Waals surface area contributed by atoms with Crippen molar-refractivity contribution < 1.29 is 51.7 Å². The molecule has 2 aromatic rings. The molecule has 2 rings (SSSR count). The van der Waals surface area contributed by atoms with Crippen LogP contribution in [0.15, 0.2) is 42.5 Å². The van der Waals surface area contributed by atoms with Gasteiger partial charge in [-0.25, -0.2) is 0 Å². The molecular formula is C12H7F6NO6S2. The zero-order chi connectivity index (χ0) is 20.7. The third kappa shape index (κ3) is 4.42. The predicted octanol–water partition coefficient (Wildman–Crippen LogP) is 3.21. The molecule has 0 fully saturated rings. The highest BCUT2D eigenvalue weighted by Gasteiger charge is 2.53. The lowest BCUT2D eigenvalue weighted by atomic mass is 10.1. The lowest BCUT2D eigenvalue weighted by Crippen LogP contribution is -2.39. The molecule has 0 bridgehead atoms. The molecule has 0 saturated heterocycles. The number of fused-ring (bicyclic) bond motifs is 1. The van der Waals surface area contributed by atoms with Gasteiger partial charge >= 0.3 is 31.3 Å². The summed E-state index contributed by atoms with van der Waals surface area (Å²) in [5.41, 5.74) is -13.0. The molecule has 0 aromatic heterocycles. The summed E-state index contributed by atoms with van der Waals surface area (Å²) in [5, 5.41) is -0.913. The van der Waals surface area contributed by atoms with Gasteiger partial charge in [0, 0.05) is 5.39 Å². The zero-order valence-corrected chi connectivity index (χ0v) is 14.2. The quantitative estimate of drug-likeness (QED) is 0.402. The van der Waals surface area contributed by atoms with Gasteiger partial charge < -0.3 is 0 Å². The second kappa shape index (κ2) is 6.81. The fourth-order valence-electron chi connectivity index (χ4n) is 1.72. The van der Waals surface area contributed by atoms with Crippen molar-refractivity contribution in [2.24, 2.45) is 0 Å². The molecule has 15 heteroatoms. The van der Waals surface area contributed by atoms with Crippen LogP contribution in [0.1, 0.15) is 0 Å². The summed E-state index contributed by atoms with van der Waals surface area (Å²) in [6, 6.07) is 8.54. The minimum absolute atomic E-state index is 0.158. The van der Waals surface area contributed by atoms with E-state index in [2.05, 4.69) is 8.57 Å². The summed E-state index contributed by atoms with van der Waals surface area (Å²) >= 11 is 0. The Morgan fingerprint density at radius 1 is 0.704 bits per heavy atom. The van der Waals surface area contributed by atoms with E-state index in [4.69, 9.17) is 0 Å². The summed E-state index contributed by atoms with van der Waals surface area (Å²) in [4.78, 5) is 0. The Morgan fingerprint density at radius 2 is 1.15 bits per heavy atom. The summed E-state index contributed by atoms with van der Waals surface area (Å²) in [5.74, 6) is 0. The van der Waals surface area contributed by atoms with E-state index in [9.17, 15) is 43.2 Å². The van der Waals surface area contributed by atoms with Crippen LogP contribution in [0.2, 0.25) is 0 Å². The number of hydrogen-bond donors (Lipinski definition) is 0. The molecule has 0 aliphatic heterocycles. The van der Waals surface area contributed by atoms with E-state index in [1.165, 1.54) is 24.3 Å². The maximum Gasteiger partial charge on any atom is 0.525 e. The number of halogens is 6. The fraction of sp³-hybridized carbons (Fsp3) is 0.167. The van der Waals surface area contributed by atoms with Crippen LogP contribution in [-0.2, 0) is 28.8 Å². The topological polar surface area (TPSA) is 90.0 Å². The first-order valence-electron chi connectivity index (χ1n) is 6.45. The van der Waals surface area contributed by atoms with Crippen molar-refractivity contribution in [2.75, 3.05) is 5.23 Å². The second-order valence-corrected chi connectivity index (χ2v) is 7.74. The molecule has 0 atom stereocenters. The molecule has 0 unspecified atom stereocenters. The monoisotopic (exact) mass is 439 g/mol. The Balaban J connectivity index is 2.63. The summed E-state index contributed by atoms with van der Waals surface area (Å²) in [6.07, 6.45) is 0.